The molecule has 1 aliphatic heterocycles. The first-order chi connectivity index (χ1) is 8.65. The van der Waals surface area contributed by atoms with E-state index in [0.29, 0.717) is 6.54 Å². The molecule has 0 bridgehead atoms. The molecule has 0 saturated carbocycles. The van der Waals surface area contributed by atoms with Gasteiger partial charge in [-0.2, -0.15) is 5.10 Å². The summed E-state index contributed by atoms with van der Waals surface area (Å²) in [5.41, 5.74) is 7.87. The minimum absolute atomic E-state index is 0.138. The van der Waals surface area contributed by atoms with E-state index in [2.05, 4.69) is 16.9 Å². The van der Waals surface area contributed by atoms with Crippen LogP contribution >= 0.6 is 11.6 Å². The largest absolute Gasteiger partial charge is 0.374 e. The Bertz CT molecular complexity index is 407. The van der Waals surface area contributed by atoms with Gasteiger partial charge in [0.1, 0.15) is 5.15 Å². The predicted octanol–water partition coefficient (Wildman–Crippen LogP) is 0.795. The van der Waals surface area contributed by atoms with E-state index in [1.54, 1.807) is 4.68 Å². The van der Waals surface area contributed by atoms with Crippen molar-refractivity contribution >= 4 is 11.6 Å². The molecule has 2 N–H and O–H groups in total. The Labute approximate surface area is 113 Å². The van der Waals surface area contributed by atoms with Crippen molar-refractivity contribution in [1.82, 2.24) is 14.7 Å². The summed E-state index contributed by atoms with van der Waals surface area (Å²) in [6, 6.07) is 0. The summed E-state index contributed by atoms with van der Waals surface area (Å²) >= 11 is 6.30. The molecule has 2 heterocycles. The topological polar surface area (TPSA) is 56.3 Å². The first-order valence-corrected chi connectivity index (χ1v) is 6.77. The van der Waals surface area contributed by atoms with Crippen LogP contribution in [0.1, 0.15) is 18.2 Å². The van der Waals surface area contributed by atoms with Crippen molar-refractivity contribution in [1.29, 1.82) is 0 Å². The lowest BCUT2D eigenvalue weighted by molar-refractivity contribution is -0.0261. The Hall–Kier alpha value is -0.620. The average molecular weight is 273 g/mol. The van der Waals surface area contributed by atoms with Crippen LogP contribution in [0.15, 0.2) is 0 Å². The van der Waals surface area contributed by atoms with Gasteiger partial charge in [-0.25, -0.2) is 0 Å². The first-order valence-electron chi connectivity index (χ1n) is 6.40. The summed E-state index contributed by atoms with van der Waals surface area (Å²) in [6.45, 7) is 6.02. The number of rotatable bonds is 4. The van der Waals surface area contributed by atoms with E-state index in [4.69, 9.17) is 22.1 Å². The zero-order chi connectivity index (χ0) is 13.1. The Balaban J connectivity index is 2.08. The Kier molecular flexibility index (Phi) is 4.61. The van der Waals surface area contributed by atoms with Crippen molar-refractivity contribution in [2.24, 2.45) is 12.8 Å². The van der Waals surface area contributed by atoms with Crippen molar-refractivity contribution < 1.29 is 4.74 Å². The molecule has 18 heavy (non-hydrogen) atoms. The van der Waals surface area contributed by atoms with Crippen LogP contribution in [0.3, 0.4) is 0 Å². The van der Waals surface area contributed by atoms with Crippen molar-refractivity contribution in [3.63, 3.8) is 0 Å². The Morgan fingerprint density at radius 3 is 3.00 bits per heavy atom. The minimum atomic E-state index is 0.138. The zero-order valence-electron chi connectivity index (χ0n) is 11.0. The van der Waals surface area contributed by atoms with Gasteiger partial charge in [0.05, 0.1) is 18.4 Å². The van der Waals surface area contributed by atoms with Crippen LogP contribution in [0.5, 0.6) is 0 Å². The van der Waals surface area contributed by atoms with E-state index < -0.39 is 0 Å². The maximum atomic E-state index is 6.30. The molecule has 5 nitrogen and oxygen atoms in total. The summed E-state index contributed by atoms with van der Waals surface area (Å²) in [5.74, 6) is 0. The fraction of sp³-hybridized carbons (Fsp3) is 0.750. The van der Waals surface area contributed by atoms with Gasteiger partial charge in [0.2, 0.25) is 0 Å². The molecule has 1 fully saturated rings. The monoisotopic (exact) mass is 272 g/mol. The second kappa shape index (κ2) is 6.02. The molecule has 1 saturated heterocycles. The van der Waals surface area contributed by atoms with E-state index in [9.17, 15) is 0 Å². The van der Waals surface area contributed by atoms with Gasteiger partial charge >= 0.3 is 0 Å². The van der Waals surface area contributed by atoms with Gasteiger partial charge in [0, 0.05) is 38.8 Å². The zero-order valence-corrected chi connectivity index (χ0v) is 11.8. The molecule has 1 aromatic rings. The minimum Gasteiger partial charge on any atom is -0.374 e. The molecule has 0 radical (unpaired) electrons. The highest BCUT2D eigenvalue weighted by Crippen LogP contribution is 2.22. The quantitative estimate of drug-likeness (QED) is 0.881. The van der Waals surface area contributed by atoms with Gasteiger partial charge in [-0.1, -0.05) is 18.5 Å². The predicted molar refractivity (Wildman–Crippen MR) is 71.7 cm³/mol. The summed E-state index contributed by atoms with van der Waals surface area (Å²) in [4.78, 5) is 2.34. The van der Waals surface area contributed by atoms with Crippen LogP contribution < -0.4 is 5.73 Å². The number of hydrogen-bond donors (Lipinski definition) is 1. The Morgan fingerprint density at radius 1 is 1.56 bits per heavy atom. The van der Waals surface area contributed by atoms with Crippen LogP contribution in [0.4, 0.5) is 0 Å². The molecule has 0 spiro atoms. The van der Waals surface area contributed by atoms with Crippen molar-refractivity contribution in [2.45, 2.75) is 26.0 Å². The number of morpholine rings is 1. The molecule has 0 amide bonds. The highest BCUT2D eigenvalue weighted by atomic mass is 35.5. The van der Waals surface area contributed by atoms with E-state index in [-0.39, 0.29) is 6.10 Å². The maximum Gasteiger partial charge on any atom is 0.131 e. The summed E-state index contributed by atoms with van der Waals surface area (Å²) < 4.78 is 7.31. The lowest BCUT2D eigenvalue weighted by atomic mass is 10.1. The highest BCUT2D eigenvalue weighted by molar-refractivity contribution is 6.30. The summed E-state index contributed by atoms with van der Waals surface area (Å²) in [7, 11) is 1.88. The molecule has 0 aliphatic carbocycles. The fourth-order valence-electron chi connectivity index (χ4n) is 2.33. The number of nitrogens with zero attached hydrogens (tertiary/aromatic N) is 3. The van der Waals surface area contributed by atoms with Crippen LogP contribution in [-0.4, -0.2) is 47.0 Å². The van der Waals surface area contributed by atoms with E-state index in [1.807, 2.05) is 7.05 Å². The fourth-order valence-corrected chi connectivity index (χ4v) is 2.54. The lowest BCUT2D eigenvalue weighted by Crippen LogP contribution is -2.45. The Morgan fingerprint density at radius 2 is 2.33 bits per heavy atom. The molecule has 1 atom stereocenters. The van der Waals surface area contributed by atoms with Gasteiger partial charge in [0.25, 0.3) is 0 Å². The number of hydrogen-bond acceptors (Lipinski definition) is 4. The van der Waals surface area contributed by atoms with E-state index in [0.717, 1.165) is 49.1 Å². The van der Waals surface area contributed by atoms with Crippen molar-refractivity contribution in [3.05, 3.63) is 16.4 Å². The average Bonchev–Trinajstić information content (AvgIpc) is 2.67. The molecular formula is C12H21ClN4O. The molecule has 102 valence electrons. The molecule has 6 heteroatoms. The molecular weight excluding hydrogens is 252 g/mol. The summed E-state index contributed by atoms with van der Waals surface area (Å²) in [5, 5.41) is 5.17. The number of aryl methyl sites for hydroxylation is 2. The number of ether oxygens (including phenoxy) is 1. The van der Waals surface area contributed by atoms with Crippen LogP contribution in [0, 0.1) is 0 Å². The third kappa shape index (κ3) is 2.85. The third-order valence-corrected chi connectivity index (χ3v) is 3.83. The standard InChI is InChI=1S/C12H21ClN4O/c1-3-11-10(12(13)16(2)15-11)8-17-4-5-18-9(6-14)7-17/h9H,3-8,14H2,1-2H3/t9-/m1/s1. The molecule has 1 aromatic heterocycles. The van der Waals surface area contributed by atoms with Crippen LogP contribution in [0.25, 0.3) is 0 Å². The van der Waals surface area contributed by atoms with Crippen molar-refractivity contribution in [2.75, 3.05) is 26.2 Å². The van der Waals surface area contributed by atoms with Crippen LogP contribution in [0.2, 0.25) is 5.15 Å². The van der Waals surface area contributed by atoms with E-state index in [1.165, 1.54) is 0 Å². The number of halogens is 1. The highest BCUT2D eigenvalue weighted by Gasteiger charge is 2.22. The second-order valence-electron chi connectivity index (χ2n) is 4.66. The number of nitrogens with two attached hydrogens (primary N) is 1. The molecule has 2 rings (SSSR count). The van der Waals surface area contributed by atoms with Gasteiger partial charge in [-0.15, -0.1) is 0 Å². The normalized spacial score (nSPS) is 21.4. The SMILES string of the molecule is CCc1nn(C)c(Cl)c1CN1CCO[C@H](CN)C1. The van der Waals surface area contributed by atoms with Gasteiger partial charge in [0.15, 0.2) is 0 Å². The number of aromatic nitrogens is 2. The van der Waals surface area contributed by atoms with Gasteiger partial charge in [-0.05, 0) is 6.42 Å². The van der Waals surface area contributed by atoms with Gasteiger partial charge < -0.3 is 10.5 Å². The van der Waals surface area contributed by atoms with E-state index >= 15 is 0 Å². The lowest BCUT2D eigenvalue weighted by Gasteiger charge is -2.32. The smallest absolute Gasteiger partial charge is 0.131 e. The molecule has 0 unspecified atom stereocenters. The summed E-state index contributed by atoms with van der Waals surface area (Å²) in [6.07, 6.45) is 1.04. The maximum absolute atomic E-state index is 6.30. The van der Waals surface area contributed by atoms with Crippen LogP contribution in [-0.2, 0) is 24.8 Å². The molecule has 0 aromatic carbocycles. The van der Waals surface area contributed by atoms with Gasteiger partial charge in [-0.3, -0.25) is 9.58 Å². The van der Waals surface area contributed by atoms with Crippen molar-refractivity contribution in [3.8, 4) is 0 Å². The first kappa shape index (κ1) is 13.8. The third-order valence-electron chi connectivity index (χ3n) is 3.35. The second-order valence-corrected chi connectivity index (χ2v) is 5.01. The molecule has 1 aliphatic rings.